The number of aromatic nitrogens is 1. The standard InChI is InChI=1S/C14H13ClN4S/c1-10-12(15)6-4-7-13(10)18-14(20)19-17-9-11-5-2-3-8-16-11/h2-9H,1H3,(H2,18,19,20)/b17-9+. The first-order chi connectivity index (χ1) is 9.66. The number of hydrogen-bond acceptors (Lipinski definition) is 3. The van der Waals surface area contributed by atoms with Crippen LogP contribution >= 0.6 is 23.8 Å². The Bertz CT molecular complexity index is 628. The number of benzene rings is 1. The number of halogens is 1. The van der Waals surface area contributed by atoms with E-state index in [1.807, 2.05) is 43.3 Å². The van der Waals surface area contributed by atoms with Gasteiger partial charge in [-0.1, -0.05) is 23.7 Å². The van der Waals surface area contributed by atoms with E-state index in [0.29, 0.717) is 10.1 Å². The zero-order chi connectivity index (χ0) is 14.4. The first-order valence-electron chi connectivity index (χ1n) is 5.93. The van der Waals surface area contributed by atoms with Gasteiger partial charge in [-0.05, 0) is 49.0 Å². The highest BCUT2D eigenvalue weighted by molar-refractivity contribution is 7.80. The maximum absolute atomic E-state index is 6.04. The summed E-state index contributed by atoms with van der Waals surface area (Å²) in [5.41, 5.74) is 5.27. The van der Waals surface area contributed by atoms with E-state index in [2.05, 4.69) is 20.8 Å². The van der Waals surface area contributed by atoms with Gasteiger partial charge in [0.05, 0.1) is 11.9 Å². The summed E-state index contributed by atoms with van der Waals surface area (Å²) >= 11 is 11.2. The molecule has 0 saturated heterocycles. The van der Waals surface area contributed by atoms with Gasteiger partial charge in [0.1, 0.15) is 0 Å². The van der Waals surface area contributed by atoms with E-state index >= 15 is 0 Å². The van der Waals surface area contributed by atoms with Crippen LogP contribution in [0.5, 0.6) is 0 Å². The lowest BCUT2D eigenvalue weighted by Gasteiger charge is -2.10. The zero-order valence-electron chi connectivity index (χ0n) is 10.8. The Balaban J connectivity index is 1.93. The number of thiocarbonyl (C=S) groups is 1. The third-order valence-electron chi connectivity index (χ3n) is 2.57. The molecule has 6 heteroatoms. The Hall–Kier alpha value is -1.98. The quantitative estimate of drug-likeness (QED) is 0.518. The molecule has 2 rings (SSSR count). The highest BCUT2D eigenvalue weighted by Crippen LogP contribution is 2.22. The van der Waals surface area contributed by atoms with Gasteiger partial charge in [-0.2, -0.15) is 5.10 Å². The average molecular weight is 305 g/mol. The second-order valence-corrected chi connectivity index (χ2v) is 4.81. The number of nitrogens with zero attached hydrogens (tertiary/aromatic N) is 2. The summed E-state index contributed by atoms with van der Waals surface area (Å²) in [5.74, 6) is 0. The molecule has 0 atom stereocenters. The van der Waals surface area contributed by atoms with Crippen LogP contribution in [0.1, 0.15) is 11.3 Å². The van der Waals surface area contributed by atoms with E-state index in [0.717, 1.165) is 16.9 Å². The predicted molar refractivity (Wildman–Crippen MR) is 87.4 cm³/mol. The van der Waals surface area contributed by atoms with Gasteiger partial charge in [-0.15, -0.1) is 0 Å². The third-order valence-corrected chi connectivity index (χ3v) is 3.17. The number of anilines is 1. The molecule has 20 heavy (non-hydrogen) atoms. The van der Waals surface area contributed by atoms with Crippen LogP contribution < -0.4 is 10.7 Å². The third kappa shape index (κ3) is 4.01. The van der Waals surface area contributed by atoms with Crippen molar-refractivity contribution in [3.63, 3.8) is 0 Å². The Morgan fingerprint density at radius 1 is 1.30 bits per heavy atom. The Morgan fingerprint density at radius 2 is 2.15 bits per heavy atom. The van der Waals surface area contributed by atoms with Crippen LogP contribution in [0.15, 0.2) is 47.7 Å². The molecule has 0 bridgehead atoms. The van der Waals surface area contributed by atoms with Crippen molar-refractivity contribution in [2.75, 3.05) is 5.32 Å². The van der Waals surface area contributed by atoms with Crippen molar-refractivity contribution in [3.05, 3.63) is 58.9 Å². The van der Waals surface area contributed by atoms with Gasteiger partial charge in [0.2, 0.25) is 0 Å². The largest absolute Gasteiger partial charge is 0.331 e. The van der Waals surface area contributed by atoms with Crippen molar-refractivity contribution < 1.29 is 0 Å². The predicted octanol–water partition coefficient (Wildman–Crippen LogP) is 3.36. The molecule has 4 nitrogen and oxygen atoms in total. The van der Waals surface area contributed by atoms with Crippen LogP contribution in [0, 0.1) is 6.92 Å². The van der Waals surface area contributed by atoms with Gasteiger partial charge in [0.15, 0.2) is 5.11 Å². The minimum Gasteiger partial charge on any atom is -0.331 e. The second kappa shape index (κ2) is 6.98. The van der Waals surface area contributed by atoms with Crippen LogP contribution in [0.25, 0.3) is 0 Å². The van der Waals surface area contributed by atoms with Crippen molar-refractivity contribution in [2.24, 2.45) is 5.10 Å². The van der Waals surface area contributed by atoms with Crippen molar-refractivity contribution >= 4 is 40.8 Å². The molecule has 0 spiro atoms. The molecule has 1 aromatic heterocycles. The Kier molecular flexibility index (Phi) is 5.03. The molecule has 0 fully saturated rings. The highest BCUT2D eigenvalue weighted by atomic mass is 35.5. The lowest BCUT2D eigenvalue weighted by atomic mass is 10.2. The van der Waals surface area contributed by atoms with Crippen LogP contribution in [-0.4, -0.2) is 16.3 Å². The zero-order valence-corrected chi connectivity index (χ0v) is 12.4. The Labute approximate surface area is 127 Å². The fourth-order valence-corrected chi connectivity index (χ4v) is 1.84. The van der Waals surface area contributed by atoms with Gasteiger partial charge >= 0.3 is 0 Å². The van der Waals surface area contributed by atoms with Crippen LogP contribution in [-0.2, 0) is 0 Å². The van der Waals surface area contributed by atoms with E-state index < -0.39 is 0 Å². The van der Waals surface area contributed by atoms with Gasteiger partial charge in [-0.3, -0.25) is 10.4 Å². The molecule has 0 aliphatic carbocycles. The summed E-state index contributed by atoms with van der Waals surface area (Å²) < 4.78 is 0. The number of rotatable bonds is 3. The normalized spacial score (nSPS) is 10.5. The average Bonchev–Trinajstić information content (AvgIpc) is 2.45. The minimum atomic E-state index is 0.391. The van der Waals surface area contributed by atoms with Gasteiger partial charge in [-0.25, -0.2) is 0 Å². The number of nitrogens with one attached hydrogen (secondary N) is 2. The summed E-state index contributed by atoms with van der Waals surface area (Å²) in [6.45, 7) is 1.92. The maximum Gasteiger partial charge on any atom is 0.191 e. The van der Waals surface area contributed by atoms with Gasteiger partial charge in [0, 0.05) is 16.9 Å². The molecule has 0 aliphatic rings. The molecule has 0 aliphatic heterocycles. The molecule has 2 N–H and O–H groups in total. The summed E-state index contributed by atoms with van der Waals surface area (Å²) in [6, 6.07) is 11.2. The molecule has 0 radical (unpaired) electrons. The van der Waals surface area contributed by atoms with E-state index in [9.17, 15) is 0 Å². The first kappa shape index (κ1) is 14.4. The van der Waals surface area contributed by atoms with Crippen molar-refractivity contribution in [1.82, 2.24) is 10.4 Å². The topological polar surface area (TPSA) is 49.3 Å². The smallest absolute Gasteiger partial charge is 0.191 e. The molecular weight excluding hydrogens is 292 g/mol. The first-order valence-corrected chi connectivity index (χ1v) is 6.71. The lowest BCUT2D eigenvalue weighted by molar-refractivity contribution is 1.05. The van der Waals surface area contributed by atoms with Crippen LogP contribution in [0.4, 0.5) is 5.69 Å². The summed E-state index contributed by atoms with van der Waals surface area (Å²) in [7, 11) is 0. The fourth-order valence-electron chi connectivity index (χ4n) is 1.50. The number of hydrazone groups is 1. The second-order valence-electron chi connectivity index (χ2n) is 3.99. The Morgan fingerprint density at radius 3 is 2.90 bits per heavy atom. The van der Waals surface area contributed by atoms with E-state index in [-0.39, 0.29) is 0 Å². The molecule has 1 heterocycles. The SMILES string of the molecule is Cc1c(Cl)cccc1NC(=S)N/N=C/c1ccccn1. The number of hydrogen-bond donors (Lipinski definition) is 2. The molecule has 2 aromatic rings. The molecule has 0 saturated carbocycles. The molecule has 1 aromatic carbocycles. The summed E-state index contributed by atoms with van der Waals surface area (Å²) in [5, 5.41) is 8.14. The molecule has 102 valence electrons. The summed E-state index contributed by atoms with van der Waals surface area (Å²) in [6.07, 6.45) is 3.30. The van der Waals surface area contributed by atoms with E-state index in [1.54, 1.807) is 12.4 Å². The summed E-state index contributed by atoms with van der Waals surface area (Å²) in [4.78, 5) is 4.11. The van der Waals surface area contributed by atoms with Gasteiger partial charge in [0.25, 0.3) is 0 Å². The minimum absolute atomic E-state index is 0.391. The van der Waals surface area contributed by atoms with Crippen molar-refractivity contribution in [2.45, 2.75) is 6.92 Å². The lowest BCUT2D eigenvalue weighted by Crippen LogP contribution is -2.24. The fraction of sp³-hybridized carbons (Fsp3) is 0.0714. The molecule has 0 unspecified atom stereocenters. The van der Waals surface area contributed by atoms with E-state index in [1.165, 1.54) is 0 Å². The maximum atomic E-state index is 6.04. The highest BCUT2D eigenvalue weighted by Gasteiger charge is 2.03. The van der Waals surface area contributed by atoms with Gasteiger partial charge < -0.3 is 5.32 Å². The van der Waals surface area contributed by atoms with Crippen LogP contribution in [0.3, 0.4) is 0 Å². The molecular formula is C14H13ClN4S. The van der Waals surface area contributed by atoms with E-state index in [4.69, 9.17) is 23.8 Å². The monoisotopic (exact) mass is 304 g/mol. The number of pyridine rings is 1. The molecule has 0 amide bonds. The van der Waals surface area contributed by atoms with Crippen molar-refractivity contribution in [1.29, 1.82) is 0 Å². The van der Waals surface area contributed by atoms with Crippen LogP contribution in [0.2, 0.25) is 5.02 Å². The van der Waals surface area contributed by atoms with Crippen molar-refractivity contribution in [3.8, 4) is 0 Å².